The molecule has 0 amide bonds. The van der Waals surface area contributed by atoms with Crippen molar-refractivity contribution in [3.63, 3.8) is 0 Å². The van der Waals surface area contributed by atoms with Gasteiger partial charge in [-0.25, -0.2) is 10.5 Å². The molecule has 1 heterocycles. The van der Waals surface area contributed by atoms with Crippen molar-refractivity contribution < 1.29 is 13.2 Å². The van der Waals surface area contributed by atoms with Crippen LogP contribution < -0.4 is 0 Å². The largest absolute Gasteiger partial charge is 0.416 e. The quantitative estimate of drug-likeness (QED) is 0.655. The molecule has 0 radical (unpaired) electrons. The maximum absolute atomic E-state index is 12.0. The first kappa shape index (κ1) is 8.63. The molecule has 12 heavy (non-hydrogen) atoms. The molecule has 0 saturated carbocycles. The molecular weight excluding hydrogens is 171 g/mol. The summed E-state index contributed by atoms with van der Waals surface area (Å²) in [7, 11) is 0. The van der Waals surface area contributed by atoms with Crippen LogP contribution in [0, 0.1) is 5.53 Å². The molecule has 0 aliphatic carbocycles. The van der Waals surface area contributed by atoms with Crippen molar-refractivity contribution in [3.8, 4) is 0 Å². The van der Waals surface area contributed by atoms with Crippen molar-refractivity contribution in [2.75, 3.05) is 0 Å². The Kier molecular flexibility index (Phi) is 2.07. The molecule has 0 aliphatic rings. The van der Waals surface area contributed by atoms with Crippen LogP contribution in [0.25, 0.3) is 0 Å². The molecule has 64 valence electrons. The molecule has 0 bridgehead atoms. The molecule has 1 N–H and O–H groups in total. The molecule has 0 aromatic carbocycles. The van der Waals surface area contributed by atoms with Crippen LogP contribution in [0.4, 0.5) is 19.0 Å². The molecule has 3 nitrogen and oxygen atoms in total. The van der Waals surface area contributed by atoms with Crippen LogP contribution in [0.2, 0.25) is 0 Å². The number of pyridine rings is 1. The van der Waals surface area contributed by atoms with Crippen molar-refractivity contribution in [2.45, 2.75) is 6.18 Å². The van der Waals surface area contributed by atoms with E-state index < -0.39 is 11.7 Å². The van der Waals surface area contributed by atoms with Gasteiger partial charge in [-0.15, -0.1) is 5.11 Å². The number of hydrogen-bond donors (Lipinski definition) is 1. The highest BCUT2D eigenvalue weighted by Crippen LogP contribution is 2.30. The van der Waals surface area contributed by atoms with Crippen molar-refractivity contribution >= 4 is 5.82 Å². The Morgan fingerprint density at radius 1 is 1.42 bits per heavy atom. The van der Waals surface area contributed by atoms with Gasteiger partial charge in [-0.3, -0.25) is 0 Å². The van der Waals surface area contributed by atoms with E-state index in [2.05, 4.69) is 10.1 Å². The second-order valence-electron chi connectivity index (χ2n) is 2.01. The van der Waals surface area contributed by atoms with E-state index in [0.29, 0.717) is 6.07 Å². The lowest BCUT2D eigenvalue weighted by molar-refractivity contribution is -0.137. The van der Waals surface area contributed by atoms with E-state index in [1.54, 1.807) is 0 Å². The number of nitrogens with one attached hydrogen (secondary N) is 1. The molecule has 0 aliphatic heterocycles. The number of aromatic nitrogens is 1. The summed E-state index contributed by atoms with van der Waals surface area (Å²) in [5.41, 5.74) is 5.60. The third-order valence-corrected chi connectivity index (χ3v) is 1.19. The Morgan fingerprint density at radius 3 is 2.58 bits per heavy atom. The Hall–Kier alpha value is -1.46. The summed E-state index contributed by atoms with van der Waals surface area (Å²) in [5, 5.41) is 2.78. The van der Waals surface area contributed by atoms with Crippen LogP contribution in [0.5, 0.6) is 0 Å². The van der Waals surface area contributed by atoms with Gasteiger partial charge < -0.3 is 0 Å². The van der Waals surface area contributed by atoms with Crippen LogP contribution in [0.3, 0.4) is 0 Å². The summed E-state index contributed by atoms with van der Waals surface area (Å²) in [6.45, 7) is 0. The minimum absolute atomic E-state index is 0.246. The monoisotopic (exact) mass is 175 g/mol. The van der Waals surface area contributed by atoms with E-state index >= 15 is 0 Å². The van der Waals surface area contributed by atoms with Gasteiger partial charge in [0, 0.05) is 6.20 Å². The fourth-order valence-electron chi connectivity index (χ4n) is 0.656. The predicted molar refractivity (Wildman–Crippen MR) is 34.0 cm³/mol. The van der Waals surface area contributed by atoms with E-state index in [-0.39, 0.29) is 5.82 Å². The summed E-state index contributed by atoms with van der Waals surface area (Å²) >= 11 is 0. The van der Waals surface area contributed by atoms with E-state index in [0.717, 1.165) is 12.3 Å². The highest BCUT2D eigenvalue weighted by molar-refractivity contribution is 5.31. The fraction of sp³-hybridized carbons (Fsp3) is 0.167. The van der Waals surface area contributed by atoms with Gasteiger partial charge in [-0.1, -0.05) is 0 Å². The lowest BCUT2D eigenvalue weighted by atomic mass is 10.2. The van der Waals surface area contributed by atoms with Crippen molar-refractivity contribution in [1.29, 1.82) is 5.53 Å². The van der Waals surface area contributed by atoms with E-state index in [9.17, 15) is 13.2 Å². The van der Waals surface area contributed by atoms with Crippen LogP contribution in [-0.2, 0) is 6.18 Å². The first-order chi connectivity index (χ1) is 5.54. The van der Waals surface area contributed by atoms with Crippen LogP contribution in [-0.4, -0.2) is 4.98 Å². The normalized spacial score (nSPS) is 11.2. The summed E-state index contributed by atoms with van der Waals surface area (Å²) < 4.78 is 35.9. The summed E-state index contributed by atoms with van der Waals surface area (Å²) in [5.74, 6) is -0.246. The van der Waals surface area contributed by atoms with Gasteiger partial charge in [-0.2, -0.15) is 13.2 Å². The first-order valence-electron chi connectivity index (χ1n) is 2.95. The van der Waals surface area contributed by atoms with E-state index in [1.165, 1.54) is 0 Å². The van der Waals surface area contributed by atoms with Crippen LogP contribution in [0.1, 0.15) is 5.56 Å². The standard InChI is InChI=1S/C6H4F3N3/c7-6(8,9)4-1-2-11-5(3-4)12-10/h1-3,10H. The Bertz CT molecular complexity index is 294. The van der Waals surface area contributed by atoms with Crippen molar-refractivity contribution in [2.24, 2.45) is 5.11 Å². The van der Waals surface area contributed by atoms with Gasteiger partial charge >= 0.3 is 6.18 Å². The SMILES string of the molecule is N=Nc1cc(C(F)(F)F)ccn1. The predicted octanol–water partition coefficient (Wildman–Crippen LogP) is 2.76. The van der Waals surface area contributed by atoms with E-state index in [1.807, 2.05) is 0 Å². The smallest absolute Gasteiger partial charge is 0.236 e. The van der Waals surface area contributed by atoms with Crippen LogP contribution >= 0.6 is 0 Å². The maximum atomic E-state index is 12.0. The molecule has 1 aromatic heterocycles. The zero-order valence-electron chi connectivity index (χ0n) is 5.76. The molecule has 0 atom stereocenters. The average Bonchev–Trinajstić information content (AvgIpc) is 2.03. The van der Waals surface area contributed by atoms with Gasteiger partial charge in [0.25, 0.3) is 0 Å². The van der Waals surface area contributed by atoms with Crippen molar-refractivity contribution in [3.05, 3.63) is 23.9 Å². The number of halogens is 3. The van der Waals surface area contributed by atoms with Gasteiger partial charge in [0.1, 0.15) is 0 Å². The molecule has 1 rings (SSSR count). The molecule has 0 spiro atoms. The lowest BCUT2D eigenvalue weighted by Crippen LogP contribution is -2.04. The lowest BCUT2D eigenvalue weighted by Gasteiger charge is -2.04. The summed E-state index contributed by atoms with van der Waals surface area (Å²) in [6, 6.07) is 1.54. The molecule has 0 saturated heterocycles. The molecule has 0 fully saturated rings. The minimum atomic E-state index is -4.40. The first-order valence-corrected chi connectivity index (χ1v) is 2.95. The minimum Gasteiger partial charge on any atom is -0.236 e. The second-order valence-corrected chi connectivity index (χ2v) is 2.01. The number of hydrogen-bond acceptors (Lipinski definition) is 3. The van der Waals surface area contributed by atoms with Crippen LogP contribution in [0.15, 0.2) is 23.4 Å². The maximum Gasteiger partial charge on any atom is 0.416 e. The van der Waals surface area contributed by atoms with E-state index in [4.69, 9.17) is 5.53 Å². The third-order valence-electron chi connectivity index (χ3n) is 1.19. The molecule has 6 heteroatoms. The topological polar surface area (TPSA) is 49.1 Å². The third kappa shape index (κ3) is 1.77. The molecule has 1 aromatic rings. The molecular formula is C6H4F3N3. The highest BCUT2D eigenvalue weighted by Gasteiger charge is 2.30. The number of nitrogens with zero attached hydrogens (tertiary/aromatic N) is 2. The zero-order chi connectivity index (χ0) is 9.19. The molecule has 0 unspecified atom stereocenters. The second kappa shape index (κ2) is 2.88. The highest BCUT2D eigenvalue weighted by atomic mass is 19.4. The fourth-order valence-corrected chi connectivity index (χ4v) is 0.656. The summed E-state index contributed by atoms with van der Waals surface area (Å²) in [6.07, 6.45) is -3.43. The number of alkyl halides is 3. The van der Waals surface area contributed by atoms with Crippen molar-refractivity contribution in [1.82, 2.24) is 4.98 Å². The zero-order valence-corrected chi connectivity index (χ0v) is 5.76. The van der Waals surface area contributed by atoms with Gasteiger partial charge in [0.2, 0.25) is 0 Å². The van der Waals surface area contributed by atoms with Gasteiger partial charge in [-0.05, 0) is 12.1 Å². The van der Waals surface area contributed by atoms with Gasteiger partial charge in [0.15, 0.2) is 5.82 Å². The Balaban J connectivity index is 3.10. The average molecular weight is 175 g/mol. The Morgan fingerprint density at radius 2 is 2.08 bits per heavy atom. The summed E-state index contributed by atoms with van der Waals surface area (Å²) in [4.78, 5) is 3.42. The Labute approximate surface area is 65.7 Å². The van der Waals surface area contributed by atoms with Gasteiger partial charge in [0.05, 0.1) is 5.56 Å². The number of rotatable bonds is 1.